The molecule has 0 aromatic heterocycles. The van der Waals surface area contributed by atoms with Gasteiger partial charge in [0, 0.05) is 16.1 Å². The Morgan fingerprint density at radius 2 is 1.71 bits per heavy atom. The van der Waals surface area contributed by atoms with Gasteiger partial charge in [0.05, 0.1) is 17.7 Å². The van der Waals surface area contributed by atoms with Crippen molar-refractivity contribution in [1.29, 1.82) is 0 Å². The van der Waals surface area contributed by atoms with Crippen molar-refractivity contribution in [2.75, 3.05) is 6.61 Å². The Hall–Kier alpha value is -1.000. The van der Waals surface area contributed by atoms with Crippen LogP contribution in [0.1, 0.15) is 24.1 Å². The van der Waals surface area contributed by atoms with Crippen molar-refractivity contribution >= 4 is 34.8 Å². The molecule has 0 radical (unpaired) electrons. The van der Waals surface area contributed by atoms with Gasteiger partial charge in [-0.2, -0.15) is 0 Å². The normalized spacial score (nSPS) is 12.3. The summed E-state index contributed by atoms with van der Waals surface area (Å²) in [4.78, 5) is 0. The van der Waals surface area contributed by atoms with Crippen molar-refractivity contribution in [3.8, 4) is 5.75 Å². The molecule has 0 aliphatic rings. The van der Waals surface area contributed by atoms with E-state index in [1.54, 1.807) is 12.1 Å². The molecule has 0 spiro atoms. The quantitative estimate of drug-likeness (QED) is 0.821. The summed E-state index contributed by atoms with van der Waals surface area (Å²) in [5, 5.41) is 1.06. The van der Waals surface area contributed by atoms with Crippen LogP contribution in [-0.2, 0) is 0 Å². The Morgan fingerprint density at radius 3 is 2.33 bits per heavy atom. The van der Waals surface area contributed by atoms with Crippen molar-refractivity contribution in [2.24, 2.45) is 5.73 Å². The molecule has 2 nitrogen and oxygen atoms in total. The molecule has 0 saturated carbocycles. The van der Waals surface area contributed by atoms with Crippen LogP contribution in [0.2, 0.25) is 15.1 Å². The SMILES string of the molecule is CCOc1cc(Cl)c(C(N)c2ccc(F)cc2Cl)cc1Cl. The molecule has 0 fully saturated rings. The average Bonchev–Trinajstić information content (AvgIpc) is 2.42. The van der Waals surface area contributed by atoms with Crippen LogP contribution < -0.4 is 10.5 Å². The van der Waals surface area contributed by atoms with E-state index in [0.717, 1.165) is 0 Å². The van der Waals surface area contributed by atoms with Gasteiger partial charge in [-0.25, -0.2) is 4.39 Å². The smallest absolute Gasteiger partial charge is 0.139 e. The first-order valence-corrected chi connectivity index (χ1v) is 7.39. The third-order valence-corrected chi connectivity index (χ3v) is 3.93. The van der Waals surface area contributed by atoms with Gasteiger partial charge in [-0.1, -0.05) is 40.9 Å². The molecule has 0 heterocycles. The lowest BCUT2D eigenvalue weighted by Crippen LogP contribution is -2.13. The molecule has 2 rings (SSSR count). The van der Waals surface area contributed by atoms with Crippen LogP contribution in [0.3, 0.4) is 0 Å². The summed E-state index contributed by atoms with van der Waals surface area (Å²) >= 11 is 18.4. The van der Waals surface area contributed by atoms with Crippen LogP contribution in [0.4, 0.5) is 4.39 Å². The van der Waals surface area contributed by atoms with E-state index in [1.165, 1.54) is 18.2 Å². The zero-order valence-electron chi connectivity index (χ0n) is 11.2. The molecule has 112 valence electrons. The summed E-state index contributed by atoms with van der Waals surface area (Å²) < 4.78 is 18.5. The second-order valence-electron chi connectivity index (χ2n) is 4.38. The molecule has 0 amide bonds. The highest BCUT2D eigenvalue weighted by atomic mass is 35.5. The van der Waals surface area contributed by atoms with Gasteiger partial charge in [-0.05, 0) is 36.2 Å². The fourth-order valence-corrected chi connectivity index (χ4v) is 2.75. The minimum Gasteiger partial charge on any atom is -0.492 e. The van der Waals surface area contributed by atoms with Gasteiger partial charge in [0.1, 0.15) is 11.6 Å². The molecule has 2 aromatic rings. The molecule has 1 unspecified atom stereocenters. The van der Waals surface area contributed by atoms with Gasteiger partial charge in [0.2, 0.25) is 0 Å². The number of nitrogens with two attached hydrogens (primary N) is 1. The molecule has 0 aliphatic carbocycles. The van der Waals surface area contributed by atoms with E-state index in [0.29, 0.717) is 33.5 Å². The Labute approximate surface area is 137 Å². The fraction of sp³-hybridized carbons (Fsp3) is 0.200. The maximum Gasteiger partial charge on any atom is 0.139 e. The first kappa shape index (κ1) is 16.4. The molecule has 21 heavy (non-hydrogen) atoms. The van der Waals surface area contributed by atoms with Crippen molar-refractivity contribution < 1.29 is 9.13 Å². The standard InChI is InChI=1S/C15H13Cl3FNO/c1-2-21-14-7-12(17)10(6-13(14)18)15(20)9-4-3-8(19)5-11(9)16/h3-7,15H,2,20H2,1H3. The predicted molar refractivity (Wildman–Crippen MR) is 85.1 cm³/mol. The maximum absolute atomic E-state index is 13.1. The summed E-state index contributed by atoms with van der Waals surface area (Å²) in [6, 6.07) is 6.67. The van der Waals surface area contributed by atoms with E-state index in [-0.39, 0.29) is 5.02 Å². The van der Waals surface area contributed by atoms with Crippen molar-refractivity contribution in [1.82, 2.24) is 0 Å². The third kappa shape index (κ3) is 3.61. The average molecular weight is 349 g/mol. The van der Waals surface area contributed by atoms with Crippen LogP contribution in [0.5, 0.6) is 5.75 Å². The Kier molecular flexibility index (Phi) is 5.33. The highest BCUT2D eigenvalue weighted by Crippen LogP contribution is 2.37. The highest BCUT2D eigenvalue weighted by Gasteiger charge is 2.18. The summed E-state index contributed by atoms with van der Waals surface area (Å²) in [7, 11) is 0. The summed E-state index contributed by atoms with van der Waals surface area (Å²) in [6.07, 6.45) is 0. The second-order valence-corrected chi connectivity index (χ2v) is 5.60. The topological polar surface area (TPSA) is 35.2 Å². The van der Waals surface area contributed by atoms with Gasteiger partial charge in [-0.15, -0.1) is 0 Å². The molecule has 6 heteroatoms. The maximum atomic E-state index is 13.1. The van der Waals surface area contributed by atoms with E-state index < -0.39 is 11.9 Å². The van der Waals surface area contributed by atoms with Crippen molar-refractivity contribution in [3.05, 3.63) is 62.3 Å². The molecule has 0 saturated heterocycles. The first-order valence-electron chi connectivity index (χ1n) is 6.26. The lowest BCUT2D eigenvalue weighted by molar-refractivity contribution is 0.340. The highest BCUT2D eigenvalue weighted by molar-refractivity contribution is 6.35. The van der Waals surface area contributed by atoms with Crippen molar-refractivity contribution in [2.45, 2.75) is 13.0 Å². The van der Waals surface area contributed by atoms with E-state index >= 15 is 0 Å². The number of ether oxygens (including phenoxy) is 1. The molecule has 0 aliphatic heterocycles. The van der Waals surface area contributed by atoms with Crippen molar-refractivity contribution in [3.63, 3.8) is 0 Å². The fourth-order valence-electron chi connectivity index (χ4n) is 1.97. The van der Waals surface area contributed by atoms with E-state index in [1.807, 2.05) is 6.92 Å². The van der Waals surface area contributed by atoms with Crippen LogP contribution in [-0.4, -0.2) is 6.61 Å². The summed E-state index contributed by atoms with van der Waals surface area (Å²) in [5.41, 5.74) is 7.34. The number of hydrogen-bond donors (Lipinski definition) is 1. The molecule has 0 bridgehead atoms. The van der Waals surface area contributed by atoms with Gasteiger partial charge >= 0.3 is 0 Å². The van der Waals surface area contributed by atoms with E-state index in [4.69, 9.17) is 45.3 Å². The third-order valence-electron chi connectivity index (χ3n) is 2.98. The number of hydrogen-bond acceptors (Lipinski definition) is 2. The molecule has 1 atom stereocenters. The van der Waals surface area contributed by atoms with Crippen LogP contribution in [0.25, 0.3) is 0 Å². The second kappa shape index (κ2) is 6.84. The van der Waals surface area contributed by atoms with Crippen LogP contribution in [0, 0.1) is 5.82 Å². The van der Waals surface area contributed by atoms with E-state index in [2.05, 4.69) is 0 Å². The lowest BCUT2D eigenvalue weighted by atomic mass is 9.99. The van der Waals surface area contributed by atoms with Gasteiger partial charge in [0.15, 0.2) is 0 Å². The Bertz CT molecular complexity index is 664. The Morgan fingerprint density at radius 1 is 1.05 bits per heavy atom. The predicted octanol–water partition coefficient (Wildman–Crippen LogP) is 5.23. The molecular formula is C15H13Cl3FNO. The van der Waals surface area contributed by atoms with E-state index in [9.17, 15) is 4.39 Å². The largest absolute Gasteiger partial charge is 0.492 e. The zero-order valence-corrected chi connectivity index (χ0v) is 13.4. The molecular weight excluding hydrogens is 336 g/mol. The Balaban J connectivity index is 2.43. The minimum absolute atomic E-state index is 0.239. The summed E-state index contributed by atoms with van der Waals surface area (Å²) in [6.45, 7) is 2.33. The monoisotopic (exact) mass is 347 g/mol. The van der Waals surface area contributed by atoms with Gasteiger partial charge in [0.25, 0.3) is 0 Å². The van der Waals surface area contributed by atoms with Crippen LogP contribution in [0.15, 0.2) is 30.3 Å². The van der Waals surface area contributed by atoms with Crippen LogP contribution >= 0.6 is 34.8 Å². The first-order chi connectivity index (χ1) is 9.93. The zero-order chi connectivity index (χ0) is 15.6. The summed E-state index contributed by atoms with van der Waals surface area (Å²) in [5.74, 6) is 0.0668. The van der Waals surface area contributed by atoms with Gasteiger partial charge in [-0.3, -0.25) is 0 Å². The number of benzene rings is 2. The molecule has 2 aromatic carbocycles. The lowest BCUT2D eigenvalue weighted by Gasteiger charge is -2.17. The van der Waals surface area contributed by atoms with Gasteiger partial charge < -0.3 is 10.5 Å². The number of rotatable bonds is 4. The number of halogens is 4. The molecule has 2 N–H and O–H groups in total. The minimum atomic E-state index is -0.612.